The first-order chi connectivity index (χ1) is 9.38. The molecule has 0 radical (unpaired) electrons. The van der Waals surface area contributed by atoms with Gasteiger partial charge in [-0.1, -0.05) is 6.42 Å². The van der Waals surface area contributed by atoms with Gasteiger partial charge in [-0.15, -0.1) is 0 Å². The molecule has 2 aromatic heterocycles. The summed E-state index contributed by atoms with van der Waals surface area (Å²) in [6, 6.07) is 1.95. The van der Waals surface area contributed by atoms with Crippen molar-refractivity contribution in [3.05, 3.63) is 18.6 Å². The van der Waals surface area contributed by atoms with Crippen LogP contribution in [0.15, 0.2) is 18.6 Å². The van der Waals surface area contributed by atoms with Crippen LogP contribution in [-0.4, -0.2) is 35.1 Å². The Labute approximate surface area is 113 Å². The Kier molecular flexibility index (Phi) is 3.64. The smallest absolute Gasteiger partial charge is 0.142 e. The molecular formula is C14H21N5. The monoisotopic (exact) mass is 259 g/mol. The zero-order valence-electron chi connectivity index (χ0n) is 11.3. The van der Waals surface area contributed by atoms with Gasteiger partial charge in [-0.2, -0.15) is 0 Å². The number of fused-ring (bicyclic) bond motifs is 2. The topological polar surface area (TPSA) is 65.6 Å². The van der Waals surface area contributed by atoms with Crippen molar-refractivity contribution < 1.29 is 0 Å². The summed E-state index contributed by atoms with van der Waals surface area (Å²) in [5.41, 5.74) is 0.865. The van der Waals surface area contributed by atoms with Crippen molar-refractivity contribution in [2.75, 3.05) is 25.5 Å². The van der Waals surface area contributed by atoms with Crippen LogP contribution in [0.2, 0.25) is 0 Å². The predicted octanol–water partition coefficient (Wildman–Crippen LogP) is 2.01. The lowest BCUT2D eigenvalue weighted by atomic mass is 10.0. The van der Waals surface area contributed by atoms with Crippen LogP contribution in [0.4, 0.5) is 5.82 Å². The first kappa shape index (κ1) is 12.4. The standard InChI is InChI=1S/C7H8N4.C7H13N/c1-8-6-5-2-3-9-7(5)11-4-10-6;1-2-6-4-8-5-7(6)3-1/h2-4H,1H3,(H2,8,9,10,11);6-8H,1-5H2. The van der Waals surface area contributed by atoms with Crippen molar-refractivity contribution in [1.29, 1.82) is 0 Å². The molecule has 0 spiro atoms. The van der Waals surface area contributed by atoms with Gasteiger partial charge in [0.1, 0.15) is 17.8 Å². The van der Waals surface area contributed by atoms with E-state index in [0.717, 1.165) is 28.7 Å². The highest BCUT2D eigenvalue weighted by atomic mass is 15.0. The Morgan fingerprint density at radius 1 is 1.21 bits per heavy atom. The fourth-order valence-corrected chi connectivity index (χ4v) is 3.18. The zero-order valence-corrected chi connectivity index (χ0v) is 11.3. The molecule has 1 aliphatic heterocycles. The number of nitrogens with zero attached hydrogens (tertiary/aromatic N) is 2. The molecule has 19 heavy (non-hydrogen) atoms. The molecule has 3 heterocycles. The van der Waals surface area contributed by atoms with E-state index in [2.05, 4.69) is 25.6 Å². The summed E-state index contributed by atoms with van der Waals surface area (Å²) < 4.78 is 0. The average molecular weight is 259 g/mol. The molecule has 0 amide bonds. The minimum absolute atomic E-state index is 0.858. The summed E-state index contributed by atoms with van der Waals surface area (Å²) in [6.07, 6.45) is 7.87. The van der Waals surface area contributed by atoms with Crippen LogP contribution < -0.4 is 10.6 Å². The third kappa shape index (κ3) is 2.56. The van der Waals surface area contributed by atoms with Gasteiger partial charge in [0.25, 0.3) is 0 Å². The van der Waals surface area contributed by atoms with Crippen LogP contribution in [-0.2, 0) is 0 Å². The summed E-state index contributed by atoms with van der Waals surface area (Å²) in [5.74, 6) is 2.99. The number of hydrogen-bond donors (Lipinski definition) is 3. The summed E-state index contributed by atoms with van der Waals surface area (Å²) in [4.78, 5) is 11.1. The molecule has 2 aliphatic rings. The van der Waals surface area contributed by atoms with Crippen molar-refractivity contribution in [1.82, 2.24) is 20.3 Å². The first-order valence-electron chi connectivity index (χ1n) is 7.05. The fraction of sp³-hybridized carbons (Fsp3) is 0.571. The number of rotatable bonds is 1. The molecule has 2 aromatic rings. The van der Waals surface area contributed by atoms with Crippen molar-refractivity contribution >= 4 is 16.9 Å². The Morgan fingerprint density at radius 2 is 2.00 bits per heavy atom. The second-order valence-electron chi connectivity index (χ2n) is 5.32. The minimum Gasteiger partial charge on any atom is -0.372 e. The SMILES string of the molecule is C1CC2CNCC2C1.CNc1ncnc2[nH]ccc12. The van der Waals surface area contributed by atoms with Crippen LogP contribution in [0.1, 0.15) is 19.3 Å². The molecule has 1 saturated heterocycles. The Morgan fingerprint density at radius 3 is 2.74 bits per heavy atom. The maximum atomic E-state index is 4.06. The van der Waals surface area contributed by atoms with E-state index in [9.17, 15) is 0 Å². The molecule has 1 aliphatic carbocycles. The van der Waals surface area contributed by atoms with E-state index in [1.165, 1.54) is 38.7 Å². The molecule has 2 unspecified atom stereocenters. The van der Waals surface area contributed by atoms with Gasteiger partial charge in [0.05, 0.1) is 5.39 Å². The molecular weight excluding hydrogens is 238 g/mol. The highest BCUT2D eigenvalue weighted by molar-refractivity contribution is 5.86. The van der Waals surface area contributed by atoms with Crippen LogP contribution in [0, 0.1) is 11.8 Å². The van der Waals surface area contributed by atoms with Gasteiger partial charge in [0, 0.05) is 13.2 Å². The summed E-state index contributed by atoms with van der Waals surface area (Å²) in [6.45, 7) is 2.62. The Bertz CT molecular complexity index is 515. The maximum absolute atomic E-state index is 4.06. The lowest BCUT2D eigenvalue weighted by molar-refractivity contribution is 0.494. The van der Waals surface area contributed by atoms with E-state index in [0.29, 0.717) is 0 Å². The minimum atomic E-state index is 0.858. The molecule has 0 aromatic carbocycles. The molecule has 102 valence electrons. The van der Waals surface area contributed by atoms with E-state index in [1.54, 1.807) is 0 Å². The number of aromatic amines is 1. The van der Waals surface area contributed by atoms with Crippen LogP contribution >= 0.6 is 0 Å². The molecule has 5 heteroatoms. The second-order valence-corrected chi connectivity index (χ2v) is 5.32. The van der Waals surface area contributed by atoms with Crippen LogP contribution in [0.3, 0.4) is 0 Å². The summed E-state index contributed by atoms with van der Waals surface area (Å²) in [7, 11) is 1.84. The van der Waals surface area contributed by atoms with Gasteiger partial charge in [-0.05, 0) is 43.8 Å². The lowest BCUT2D eigenvalue weighted by Crippen LogP contribution is -2.08. The van der Waals surface area contributed by atoms with Gasteiger partial charge in [0.15, 0.2) is 0 Å². The van der Waals surface area contributed by atoms with E-state index in [-0.39, 0.29) is 0 Å². The molecule has 2 fully saturated rings. The van der Waals surface area contributed by atoms with Crippen molar-refractivity contribution in [3.8, 4) is 0 Å². The Hall–Kier alpha value is -1.62. The van der Waals surface area contributed by atoms with Crippen molar-refractivity contribution in [3.63, 3.8) is 0 Å². The van der Waals surface area contributed by atoms with Crippen LogP contribution in [0.5, 0.6) is 0 Å². The second kappa shape index (κ2) is 5.57. The third-order valence-electron chi connectivity index (χ3n) is 4.22. The number of nitrogens with one attached hydrogen (secondary N) is 3. The highest BCUT2D eigenvalue weighted by Gasteiger charge is 2.30. The first-order valence-corrected chi connectivity index (χ1v) is 7.05. The summed E-state index contributed by atoms with van der Waals surface area (Å²) in [5, 5.41) is 7.43. The van der Waals surface area contributed by atoms with Gasteiger partial charge in [-0.3, -0.25) is 0 Å². The van der Waals surface area contributed by atoms with Gasteiger partial charge in [-0.25, -0.2) is 9.97 Å². The van der Waals surface area contributed by atoms with Crippen LogP contribution in [0.25, 0.3) is 11.0 Å². The van der Waals surface area contributed by atoms with Gasteiger partial charge >= 0.3 is 0 Å². The third-order valence-corrected chi connectivity index (χ3v) is 4.22. The Balaban J connectivity index is 0.000000122. The summed E-state index contributed by atoms with van der Waals surface area (Å²) >= 11 is 0. The normalized spacial score (nSPS) is 24.9. The largest absolute Gasteiger partial charge is 0.372 e. The van der Waals surface area contributed by atoms with Gasteiger partial charge in [0.2, 0.25) is 0 Å². The zero-order chi connectivity index (χ0) is 13.1. The molecule has 2 atom stereocenters. The quantitative estimate of drug-likeness (QED) is 0.733. The molecule has 5 nitrogen and oxygen atoms in total. The molecule has 3 N–H and O–H groups in total. The highest BCUT2D eigenvalue weighted by Crippen LogP contribution is 2.33. The van der Waals surface area contributed by atoms with Gasteiger partial charge < -0.3 is 15.6 Å². The molecule has 4 rings (SSSR count). The van der Waals surface area contributed by atoms with Crippen molar-refractivity contribution in [2.24, 2.45) is 11.8 Å². The van der Waals surface area contributed by atoms with E-state index in [4.69, 9.17) is 0 Å². The number of anilines is 1. The van der Waals surface area contributed by atoms with E-state index >= 15 is 0 Å². The van der Waals surface area contributed by atoms with E-state index in [1.807, 2.05) is 19.3 Å². The average Bonchev–Trinajstić information content (AvgIpc) is 3.14. The molecule has 1 saturated carbocycles. The maximum Gasteiger partial charge on any atom is 0.142 e. The number of aromatic nitrogens is 3. The molecule has 0 bridgehead atoms. The number of hydrogen-bond acceptors (Lipinski definition) is 4. The number of H-pyrrole nitrogens is 1. The fourth-order valence-electron chi connectivity index (χ4n) is 3.18. The predicted molar refractivity (Wildman–Crippen MR) is 77.1 cm³/mol. The van der Waals surface area contributed by atoms with Crippen molar-refractivity contribution in [2.45, 2.75) is 19.3 Å². The van der Waals surface area contributed by atoms with E-state index < -0.39 is 0 Å². The lowest BCUT2D eigenvalue weighted by Gasteiger charge is -2.02.